The lowest BCUT2D eigenvalue weighted by Crippen LogP contribution is -2.67. The van der Waals surface area contributed by atoms with Crippen molar-refractivity contribution >= 4 is 26.3 Å². The van der Waals surface area contributed by atoms with Crippen molar-refractivity contribution in [3.63, 3.8) is 0 Å². The van der Waals surface area contributed by atoms with Gasteiger partial charge in [-0.3, -0.25) is 4.57 Å². The van der Waals surface area contributed by atoms with Gasteiger partial charge in [0.1, 0.15) is 0 Å². The summed E-state index contributed by atoms with van der Waals surface area (Å²) in [4.78, 5) is 0. The first kappa shape index (κ1) is 25.8. The molecule has 6 heteroatoms. The van der Waals surface area contributed by atoms with E-state index in [2.05, 4.69) is 45.0 Å². The molecule has 0 fully saturated rings. The summed E-state index contributed by atoms with van der Waals surface area (Å²) < 4.78 is 32.5. The summed E-state index contributed by atoms with van der Waals surface area (Å²) in [6.07, 6.45) is 4.38. The smallest absolute Gasteiger partial charge is 0.358 e. The van der Waals surface area contributed by atoms with E-state index < -0.39 is 21.8 Å². The van der Waals surface area contributed by atoms with E-state index in [1.807, 2.05) is 69.3 Å². The molecule has 4 nitrogen and oxygen atoms in total. The number of allylic oxidation sites excluding steroid dienone is 1. The minimum absolute atomic E-state index is 0.229. The molecule has 0 N–H and O–H groups in total. The molecule has 1 atom stereocenters. The first-order valence-electron chi connectivity index (χ1n) is 11.0. The predicted octanol–water partition coefficient (Wildman–Crippen LogP) is 6.12. The zero-order valence-electron chi connectivity index (χ0n) is 19.7. The summed E-state index contributed by atoms with van der Waals surface area (Å²) in [5.74, 6) is -0.699. The highest BCUT2D eigenvalue weighted by molar-refractivity contribution is 7.54. The van der Waals surface area contributed by atoms with Gasteiger partial charge in [0.05, 0.1) is 13.2 Å². The standard InChI is InChI=1S/C25H37O4PSi/c1-7-10-21-24(30(26,27-8-2)28-9-3)29-31(25(4,5)6,22-17-13-11-14-18-22)23-19-15-12-16-20-23/h7,10-20,24H,8-9,21H2,1-6H3/b10-7+/t24-/m0/s1. The van der Waals surface area contributed by atoms with Crippen LogP contribution in [0.1, 0.15) is 48.0 Å². The highest BCUT2D eigenvalue weighted by atomic mass is 31.2. The SMILES string of the molecule is C/C=C/C[C@@H](O[Si](c1ccccc1)(c1ccccc1)C(C)(C)C)P(=O)(OCC)OCC. The fourth-order valence-electron chi connectivity index (χ4n) is 3.95. The monoisotopic (exact) mass is 460 g/mol. The van der Waals surface area contributed by atoms with Crippen molar-refractivity contribution in [3.8, 4) is 0 Å². The van der Waals surface area contributed by atoms with Crippen LogP contribution in [0.15, 0.2) is 72.8 Å². The summed E-state index contributed by atoms with van der Waals surface area (Å²) in [6, 6.07) is 20.7. The van der Waals surface area contributed by atoms with E-state index in [0.29, 0.717) is 19.6 Å². The van der Waals surface area contributed by atoms with Gasteiger partial charge >= 0.3 is 7.60 Å². The van der Waals surface area contributed by atoms with E-state index in [-0.39, 0.29) is 5.04 Å². The Morgan fingerprint density at radius 1 is 0.903 bits per heavy atom. The van der Waals surface area contributed by atoms with Crippen molar-refractivity contribution in [2.75, 3.05) is 13.2 Å². The molecule has 2 aromatic rings. The normalized spacial score (nSPS) is 14.1. The summed E-state index contributed by atoms with van der Waals surface area (Å²) in [7, 11) is -6.40. The van der Waals surface area contributed by atoms with Gasteiger partial charge in [0.25, 0.3) is 8.32 Å². The molecule has 0 aliphatic carbocycles. The zero-order valence-corrected chi connectivity index (χ0v) is 21.6. The molecule has 0 aromatic heterocycles. The van der Waals surface area contributed by atoms with Gasteiger partial charge < -0.3 is 13.5 Å². The summed E-state index contributed by atoms with van der Waals surface area (Å²) in [6.45, 7) is 12.8. The van der Waals surface area contributed by atoms with E-state index in [1.54, 1.807) is 0 Å². The molecule has 0 bridgehead atoms. The second kappa shape index (κ2) is 11.4. The number of rotatable bonds is 11. The summed E-state index contributed by atoms with van der Waals surface area (Å²) in [5.41, 5.74) is 0. The Bertz CT molecular complexity index is 813. The first-order chi connectivity index (χ1) is 14.7. The molecular formula is C25H37O4PSi. The van der Waals surface area contributed by atoms with Gasteiger partial charge in [-0.05, 0) is 36.2 Å². The fraction of sp³-hybridized carbons (Fsp3) is 0.440. The van der Waals surface area contributed by atoms with Crippen molar-refractivity contribution in [2.45, 2.75) is 58.8 Å². The highest BCUT2D eigenvalue weighted by Gasteiger charge is 2.54. The maximum Gasteiger partial charge on any atom is 0.358 e. The van der Waals surface area contributed by atoms with Crippen LogP contribution in [0, 0.1) is 0 Å². The van der Waals surface area contributed by atoms with Crippen molar-refractivity contribution < 1.29 is 18.0 Å². The molecule has 0 aliphatic rings. The van der Waals surface area contributed by atoms with Gasteiger partial charge in [0.15, 0.2) is 5.85 Å². The Balaban J connectivity index is 2.76. The van der Waals surface area contributed by atoms with E-state index in [4.69, 9.17) is 13.5 Å². The third kappa shape index (κ3) is 5.85. The number of hydrogen-bond donors (Lipinski definition) is 0. The molecule has 2 aromatic carbocycles. The van der Waals surface area contributed by atoms with Crippen LogP contribution in [0.25, 0.3) is 0 Å². The van der Waals surface area contributed by atoms with Crippen molar-refractivity contribution in [3.05, 3.63) is 72.8 Å². The molecule has 2 rings (SSSR count). The molecule has 0 aliphatic heterocycles. The molecule has 170 valence electrons. The lowest BCUT2D eigenvalue weighted by Gasteiger charge is -2.45. The van der Waals surface area contributed by atoms with Gasteiger partial charge in [-0.2, -0.15) is 0 Å². The average Bonchev–Trinajstić information content (AvgIpc) is 2.74. The molecule has 0 saturated carbocycles. The van der Waals surface area contributed by atoms with Gasteiger partial charge in [-0.15, -0.1) is 0 Å². The molecule has 0 amide bonds. The van der Waals surface area contributed by atoms with Crippen LogP contribution in [-0.4, -0.2) is 27.4 Å². The van der Waals surface area contributed by atoms with Gasteiger partial charge in [0.2, 0.25) is 0 Å². The topological polar surface area (TPSA) is 44.8 Å². The van der Waals surface area contributed by atoms with Crippen LogP contribution in [0.5, 0.6) is 0 Å². The average molecular weight is 461 g/mol. The Hall–Kier alpha value is -1.49. The summed E-state index contributed by atoms with van der Waals surface area (Å²) in [5, 5.41) is 2.05. The Labute approximate surface area is 189 Å². The Morgan fingerprint density at radius 2 is 1.35 bits per heavy atom. The third-order valence-corrected chi connectivity index (χ3v) is 12.8. The number of benzene rings is 2. The minimum Gasteiger partial charge on any atom is -0.393 e. The van der Waals surface area contributed by atoms with E-state index in [0.717, 1.165) is 10.4 Å². The lowest BCUT2D eigenvalue weighted by atomic mass is 10.2. The largest absolute Gasteiger partial charge is 0.393 e. The van der Waals surface area contributed by atoms with Crippen LogP contribution in [-0.2, 0) is 18.0 Å². The lowest BCUT2D eigenvalue weighted by molar-refractivity contribution is 0.156. The third-order valence-electron chi connectivity index (χ3n) is 5.27. The van der Waals surface area contributed by atoms with E-state index >= 15 is 0 Å². The molecular weight excluding hydrogens is 423 g/mol. The van der Waals surface area contributed by atoms with E-state index in [9.17, 15) is 4.57 Å². The fourth-order valence-corrected chi connectivity index (χ4v) is 11.0. The molecule has 0 spiro atoms. The molecule has 0 radical (unpaired) electrons. The van der Waals surface area contributed by atoms with Crippen LogP contribution in [0.2, 0.25) is 5.04 Å². The second-order valence-corrected chi connectivity index (χ2v) is 14.8. The van der Waals surface area contributed by atoms with Crippen LogP contribution in [0.3, 0.4) is 0 Å². The Kier molecular flexibility index (Phi) is 9.47. The maximum absolute atomic E-state index is 13.9. The Morgan fingerprint density at radius 3 is 1.71 bits per heavy atom. The van der Waals surface area contributed by atoms with Gasteiger partial charge in [-0.25, -0.2) is 0 Å². The molecule has 0 unspecified atom stereocenters. The van der Waals surface area contributed by atoms with Gasteiger partial charge in [-0.1, -0.05) is 93.6 Å². The zero-order chi connectivity index (χ0) is 23.0. The van der Waals surface area contributed by atoms with Crippen molar-refractivity contribution in [1.82, 2.24) is 0 Å². The quantitative estimate of drug-likeness (QED) is 0.230. The molecule has 31 heavy (non-hydrogen) atoms. The van der Waals surface area contributed by atoms with Gasteiger partial charge in [0, 0.05) is 6.42 Å². The van der Waals surface area contributed by atoms with Crippen LogP contribution >= 0.6 is 7.60 Å². The van der Waals surface area contributed by atoms with E-state index in [1.165, 1.54) is 0 Å². The molecule has 0 saturated heterocycles. The maximum atomic E-state index is 13.9. The second-order valence-electron chi connectivity index (χ2n) is 8.42. The molecule has 0 heterocycles. The minimum atomic E-state index is -3.50. The number of hydrogen-bond acceptors (Lipinski definition) is 4. The van der Waals surface area contributed by atoms with Crippen LogP contribution < -0.4 is 10.4 Å². The predicted molar refractivity (Wildman–Crippen MR) is 133 cm³/mol. The van der Waals surface area contributed by atoms with Crippen molar-refractivity contribution in [2.24, 2.45) is 0 Å². The van der Waals surface area contributed by atoms with Crippen molar-refractivity contribution in [1.29, 1.82) is 0 Å². The first-order valence-corrected chi connectivity index (χ1v) is 14.6. The highest BCUT2D eigenvalue weighted by Crippen LogP contribution is 2.56. The summed E-state index contributed by atoms with van der Waals surface area (Å²) >= 11 is 0. The van der Waals surface area contributed by atoms with Crippen LogP contribution in [0.4, 0.5) is 0 Å².